The molecule has 28 heavy (non-hydrogen) atoms. The summed E-state index contributed by atoms with van der Waals surface area (Å²) < 4.78 is 67.6. The Morgan fingerprint density at radius 2 is 1.89 bits per heavy atom. The zero-order chi connectivity index (χ0) is 20.3. The maximum absolute atomic E-state index is 13.4. The molecule has 0 radical (unpaired) electrons. The molecule has 0 amide bonds. The van der Waals surface area contributed by atoms with E-state index in [0.29, 0.717) is 12.1 Å². The summed E-state index contributed by atoms with van der Waals surface area (Å²) in [4.78, 5) is 1.01. The number of nitrogens with one attached hydrogen (secondary N) is 1. The highest BCUT2D eigenvalue weighted by molar-refractivity contribution is 7.92. The fourth-order valence-electron chi connectivity index (χ4n) is 4.41. The van der Waals surface area contributed by atoms with Crippen molar-refractivity contribution in [2.45, 2.75) is 36.4 Å². The smallest absolute Gasteiger partial charge is 0.337 e. The number of aryl methyl sites for hydroxylation is 1. The summed E-state index contributed by atoms with van der Waals surface area (Å²) in [5.41, 5.74) is 1.65. The number of hydrogen-bond donors (Lipinski definition) is 1. The van der Waals surface area contributed by atoms with Crippen LogP contribution in [0.5, 0.6) is 0 Å². The van der Waals surface area contributed by atoms with Crippen LogP contribution in [0.4, 0.5) is 18.9 Å². The van der Waals surface area contributed by atoms with E-state index in [1.807, 2.05) is 19.1 Å². The molecule has 0 aromatic heterocycles. The second kappa shape index (κ2) is 6.49. The molecule has 4 nitrogen and oxygen atoms in total. The number of alkyl halides is 3. The molecule has 2 aromatic carbocycles. The maximum atomic E-state index is 13.4. The van der Waals surface area contributed by atoms with Gasteiger partial charge in [-0.05, 0) is 36.8 Å². The van der Waals surface area contributed by atoms with Gasteiger partial charge in [0.1, 0.15) is 0 Å². The summed E-state index contributed by atoms with van der Waals surface area (Å²) >= 11 is 0. The number of piperidine rings is 1. The monoisotopic (exact) mass is 411 g/mol. The lowest BCUT2D eigenvalue weighted by molar-refractivity contribution is -0.886. The molecule has 2 aliphatic rings. The van der Waals surface area contributed by atoms with Gasteiger partial charge in [0.25, 0.3) is 10.0 Å². The van der Waals surface area contributed by atoms with Crippen LogP contribution >= 0.6 is 0 Å². The number of rotatable bonds is 2. The molecule has 4 rings (SSSR count). The maximum Gasteiger partial charge on any atom is 0.416 e. The summed E-state index contributed by atoms with van der Waals surface area (Å²) in [6.45, 7) is 3.58. The average Bonchev–Trinajstić information content (AvgIpc) is 2.95. The fraction of sp³-hybridized carbons (Fsp3) is 0.400. The Bertz CT molecular complexity index is 1020. The van der Waals surface area contributed by atoms with Gasteiger partial charge < -0.3 is 4.90 Å². The number of halogens is 3. The Labute approximate surface area is 162 Å². The first-order valence-electron chi connectivity index (χ1n) is 9.22. The zero-order valence-corrected chi connectivity index (χ0v) is 16.4. The topological polar surface area (TPSA) is 41.8 Å². The van der Waals surface area contributed by atoms with Gasteiger partial charge in [-0.3, -0.25) is 4.31 Å². The van der Waals surface area contributed by atoms with Crippen molar-refractivity contribution in [1.82, 2.24) is 0 Å². The Hall–Kier alpha value is -2.06. The number of benzene rings is 2. The molecule has 8 heteroatoms. The van der Waals surface area contributed by atoms with Crippen LogP contribution in [-0.2, 0) is 16.2 Å². The minimum atomic E-state index is -4.59. The second-order valence-corrected chi connectivity index (χ2v) is 9.58. The Balaban J connectivity index is 1.84. The number of fused-ring (bicyclic) bond motifs is 3. The number of likely N-dealkylation sites (N-methyl/N-ethyl adjacent to an activating group) is 1. The van der Waals surface area contributed by atoms with Gasteiger partial charge in [-0.25, -0.2) is 8.42 Å². The van der Waals surface area contributed by atoms with Gasteiger partial charge in [-0.2, -0.15) is 13.2 Å². The highest BCUT2D eigenvalue weighted by atomic mass is 32.2. The van der Waals surface area contributed by atoms with Crippen molar-refractivity contribution in [3.05, 3.63) is 59.2 Å². The van der Waals surface area contributed by atoms with Crippen LogP contribution in [0.25, 0.3) is 0 Å². The molecule has 1 N–H and O–H groups in total. The molecule has 3 atom stereocenters. The quantitative estimate of drug-likeness (QED) is 0.826. The molecule has 2 aliphatic heterocycles. The number of sulfonamides is 1. The second-order valence-electron chi connectivity index (χ2n) is 7.76. The van der Waals surface area contributed by atoms with Crippen molar-refractivity contribution in [3.63, 3.8) is 0 Å². The third kappa shape index (κ3) is 3.08. The molecule has 0 bridgehead atoms. The molecule has 0 spiro atoms. The van der Waals surface area contributed by atoms with E-state index in [-0.39, 0.29) is 16.9 Å². The third-order valence-corrected chi connectivity index (χ3v) is 7.57. The van der Waals surface area contributed by atoms with Crippen LogP contribution in [-0.4, -0.2) is 34.6 Å². The Morgan fingerprint density at radius 3 is 2.61 bits per heavy atom. The van der Waals surface area contributed by atoms with Crippen LogP contribution in [0.1, 0.15) is 29.0 Å². The van der Waals surface area contributed by atoms with Crippen molar-refractivity contribution in [2.75, 3.05) is 24.4 Å². The molecule has 2 aromatic rings. The first-order valence-corrected chi connectivity index (χ1v) is 10.7. The predicted molar refractivity (Wildman–Crippen MR) is 100 cm³/mol. The number of nitrogens with zero attached hydrogens (tertiary/aromatic N) is 1. The van der Waals surface area contributed by atoms with Crippen molar-refractivity contribution in [1.29, 1.82) is 0 Å². The van der Waals surface area contributed by atoms with Crippen LogP contribution in [0.2, 0.25) is 0 Å². The Morgan fingerprint density at radius 1 is 1.14 bits per heavy atom. The molecule has 150 valence electrons. The summed E-state index contributed by atoms with van der Waals surface area (Å²) in [5, 5.41) is 0. The normalized spacial score (nSPS) is 24.8. The summed E-state index contributed by atoms with van der Waals surface area (Å²) in [5.74, 6) is 0.0456. The van der Waals surface area contributed by atoms with Crippen molar-refractivity contribution >= 4 is 15.7 Å². The third-order valence-electron chi connectivity index (χ3n) is 5.74. The molecule has 1 saturated heterocycles. The minimum Gasteiger partial charge on any atom is -0.337 e. The lowest BCUT2D eigenvalue weighted by Gasteiger charge is -2.34. The predicted octanol–water partition coefficient (Wildman–Crippen LogP) is 2.59. The van der Waals surface area contributed by atoms with Gasteiger partial charge in [-0.15, -0.1) is 0 Å². The van der Waals surface area contributed by atoms with Gasteiger partial charge in [0, 0.05) is 6.42 Å². The van der Waals surface area contributed by atoms with Gasteiger partial charge >= 0.3 is 6.18 Å². The van der Waals surface area contributed by atoms with Crippen LogP contribution in [0.15, 0.2) is 47.4 Å². The van der Waals surface area contributed by atoms with Crippen molar-refractivity contribution in [3.8, 4) is 0 Å². The van der Waals surface area contributed by atoms with E-state index in [1.54, 1.807) is 6.07 Å². The van der Waals surface area contributed by atoms with Crippen molar-refractivity contribution < 1.29 is 26.5 Å². The van der Waals surface area contributed by atoms with E-state index in [9.17, 15) is 21.6 Å². The van der Waals surface area contributed by atoms with Crippen LogP contribution in [0, 0.1) is 6.92 Å². The summed E-state index contributed by atoms with van der Waals surface area (Å²) in [6.07, 6.45) is -3.92. The Kier molecular flexibility index (Phi) is 4.46. The summed E-state index contributed by atoms with van der Waals surface area (Å²) in [6, 6.07) is 9.39. The van der Waals surface area contributed by atoms with E-state index in [4.69, 9.17) is 0 Å². The van der Waals surface area contributed by atoms with E-state index >= 15 is 0 Å². The van der Waals surface area contributed by atoms with Crippen molar-refractivity contribution in [2.24, 2.45) is 0 Å². The van der Waals surface area contributed by atoms with E-state index in [0.717, 1.165) is 42.4 Å². The lowest BCUT2D eigenvalue weighted by Crippen LogP contribution is -3.11. The van der Waals surface area contributed by atoms with Crippen LogP contribution < -0.4 is 9.21 Å². The largest absolute Gasteiger partial charge is 0.416 e. The van der Waals surface area contributed by atoms with E-state index in [2.05, 4.69) is 7.05 Å². The molecular weight excluding hydrogens is 389 g/mol. The highest BCUT2D eigenvalue weighted by Gasteiger charge is 2.48. The van der Waals surface area contributed by atoms with Gasteiger partial charge in [0.2, 0.25) is 0 Å². The van der Waals surface area contributed by atoms with Gasteiger partial charge in [0.05, 0.1) is 48.2 Å². The number of anilines is 1. The molecule has 1 fully saturated rings. The lowest BCUT2D eigenvalue weighted by atomic mass is 9.89. The van der Waals surface area contributed by atoms with Gasteiger partial charge in [-0.1, -0.05) is 23.8 Å². The SMILES string of the molecule is Cc1ccc2c(c1)[C@@H]1C[NH+](C)CC[C@H]1N2S(=O)(=O)c1cccc(C(F)(F)F)c1. The molecule has 2 heterocycles. The number of likely N-dealkylation sites (tertiary alicyclic amines) is 1. The summed E-state index contributed by atoms with van der Waals surface area (Å²) in [7, 11) is -2.03. The fourth-order valence-corrected chi connectivity index (χ4v) is 6.20. The first kappa shape index (κ1) is 19.3. The molecular formula is C20H22F3N2O2S+. The van der Waals surface area contributed by atoms with Gasteiger partial charge in [0.15, 0.2) is 0 Å². The highest BCUT2D eigenvalue weighted by Crippen LogP contribution is 2.46. The number of quaternary nitrogens is 1. The number of hydrogen-bond acceptors (Lipinski definition) is 2. The molecule has 0 aliphatic carbocycles. The average molecular weight is 411 g/mol. The standard InChI is InChI=1S/C20H21F3N2O2S/c1-13-6-7-18-16(10-13)17-12-24(2)9-8-19(17)25(18)28(26,27)15-5-3-4-14(11-15)20(21,22)23/h3-7,10-11,17,19H,8-9,12H2,1-2H3/p+1/t17-,19+/m0/s1. The first-order chi connectivity index (χ1) is 13.1. The minimum absolute atomic E-state index is 0.0456. The van der Waals surface area contributed by atoms with Crippen LogP contribution in [0.3, 0.4) is 0 Å². The zero-order valence-electron chi connectivity index (χ0n) is 15.6. The molecule has 0 saturated carbocycles. The van der Waals surface area contributed by atoms with E-state index < -0.39 is 21.8 Å². The van der Waals surface area contributed by atoms with E-state index in [1.165, 1.54) is 15.3 Å². The molecule has 1 unspecified atom stereocenters.